The monoisotopic (exact) mass is 168 g/mol. The molecule has 3 nitrogen and oxygen atoms in total. The summed E-state index contributed by atoms with van der Waals surface area (Å²) in [6, 6.07) is 7.96. The number of hydrogen-bond acceptors (Lipinski definition) is 2. The van der Waals surface area contributed by atoms with Gasteiger partial charge in [-0.25, -0.2) is 0 Å². The fourth-order valence-corrected chi connectivity index (χ4v) is 1.45. The van der Waals surface area contributed by atoms with E-state index in [-0.39, 0.29) is 0 Å². The molecule has 2 heterocycles. The summed E-state index contributed by atoms with van der Waals surface area (Å²) in [6.07, 6.45) is 4.66. The van der Waals surface area contributed by atoms with Gasteiger partial charge in [0.2, 0.25) is 0 Å². The smallest absolute Gasteiger partial charge is 0.121 e. The SMILES string of the molecule is [c]1n[nH]c2cc3ncccc3cc12. The third-order valence-electron chi connectivity index (χ3n) is 2.10. The standard InChI is InChI=1S/C10H6N3/c1-2-7-4-8-6-12-13-10(8)5-9(7)11-3-1/h1-5H,(H,12,13). The highest BCUT2D eigenvalue weighted by Gasteiger charge is 1.98. The van der Waals surface area contributed by atoms with Crippen LogP contribution in [0.4, 0.5) is 0 Å². The van der Waals surface area contributed by atoms with Crippen LogP contribution in [0.15, 0.2) is 30.5 Å². The Kier molecular flexibility index (Phi) is 1.16. The average molecular weight is 168 g/mol. The predicted octanol–water partition coefficient (Wildman–Crippen LogP) is 1.91. The van der Waals surface area contributed by atoms with E-state index in [0.29, 0.717) is 0 Å². The maximum absolute atomic E-state index is 4.25. The summed E-state index contributed by atoms with van der Waals surface area (Å²) in [5, 5.41) is 8.83. The van der Waals surface area contributed by atoms with Crippen molar-refractivity contribution < 1.29 is 0 Å². The van der Waals surface area contributed by atoms with E-state index < -0.39 is 0 Å². The molecule has 2 aromatic heterocycles. The molecular formula is C10H6N3. The van der Waals surface area contributed by atoms with Crippen LogP contribution in [0, 0.1) is 6.20 Å². The van der Waals surface area contributed by atoms with Gasteiger partial charge in [-0.05, 0) is 18.2 Å². The average Bonchev–Trinajstić information content (AvgIpc) is 2.61. The molecule has 3 aromatic rings. The lowest BCUT2D eigenvalue weighted by molar-refractivity contribution is 1.11. The van der Waals surface area contributed by atoms with Crippen molar-refractivity contribution in [1.29, 1.82) is 0 Å². The lowest BCUT2D eigenvalue weighted by Crippen LogP contribution is -1.77. The van der Waals surface area contributed by atoms with E-state index in [1.165, 1.54) is 0 Å². The summed E-state index contributed by atoms with van der Waals surface area (Å²) in [5.74, 6) is 0. The van der Waals surface area contributed by atoms with Crippen molar-refractivity contribution in [2.45, 2.75) is 0 Å². The Morgan fingerprint density at radius 1 is 1.31 bits per heavy atom. The summed E-state index contributed by atoms with van der Waals surface area (Å²) in [5.41, 5.74) is 1.96. The van der Waals surface area contributed by atoms with Crippen LogP contribution >= 0.6 is 0 Å². The Morgan fingerprint density at radius 3 is 3.31 bits per heavy atom. The van der Waals surface area contributed by atoms with Gasteiger partial charge in [-0.3, -0.25) is 10.1 Å². The summed E-state index contributed by atoms with van der Waals surface area (Å²) in [6.45, 7) is 0. The fraction of sp³-hybridized carbons (Fsp3) is 0. The van der Waals surface area contributed by atoms with Gasteiger partial charge in [0.05, 0.1) is 11.0 Å². The van der Waals surface area contributed by atoms with Gasteiger partial charge in [0.15, 0.2) is 0 Å². The maximum Gasteiger partial charge on any atom is 0.121 e. The molecule has 3 rings (SSSR count). The molecule has 13 heavy (non-hydrogen) atoms. The second-order valence-electron chi connectivity index (χ2n) is 2.93. The highest BCUT2D eigenvalue weighted by molar-refractivity contribution is 5.93. The van der Waals surface area contributed by atoms with E-state index in [1.54, 1.807) is 6.20 Å². The highest BCUT2D eigenvalue weighted by atomic mass is 15.1. The van der Waals surface area contributed by atoms with Crippen LogP contribution in [0.1, 0.15) is 0 Å². The molecule has 1 aromatic carbocycles. The van der Waals surface area contributed by atoms with Gasteiger partial charge in [0.1, 0.15) is 6.20 Å². The van der Waals surface area contributed by atoms with E-state index in [0.717, 1.165) is 21.8 Å². The number of aromatic nitrogens is 3. The highest BCUT2D eigenvalue weighted by Crippen LogP contribution is 2.18. The molecule has 0 aliphatic carbocycles. The minimum absolute atomic E-state index is 0.978. The first-order chi connectivity index (χ1) is 6.43. The zero-order valence-corrected chi connectivity index (χ0v) is 6.78. The van der Waals surface area contributed by atoms with E-state index in [9.17, 15) is 0 Å². The third-order valence-corrected chi connectivity index (χ3v) is 2.10. The van der Waals surface area contributed by atoms with Crippen molar-refractivity contribution in [3.63, 3.8) is 0 Å². The minimum Gasteiger partial charge on any atom is -0.277 e. The van der Waals surface area contributed by atoms with Gasteiger partial charge < -0.3 is 0 Å². The van der Waals surface area contributed by atoms with Crippen molar-refractivity contribution in [1.82, 2.24) is 15.2 Å². The van der Waals surface area contributed by atoms with Crippen LogP contribution in [0.3, 0.4) is 0 Å². The van der Waals surface area contributed by atoms with E-state index in [2.05, 4.69) is 21.4 Å². The molecule has 61 valence electrons. The van der Waals surface area contributed by atoms with Crippen LogP contribution in [0.2, 0.25) is 0 Å². The molecule has 0 bridgehead atoms. The fourth-order valence-electron chi connectivity index (χ4n) is 1.45. The summed E-state index contributed by atoms with van der Waals surface area (Å²) >= 11 is 0. The van der Waals surface area contributed by atoms with Crippen molar-refractivity contribution >= 4 is 21.8 Å². The molecule has 1 N–H and O–H groups in total. The zero-order valence-electron chi connectivity index (χ0n) is 6.78. The van der Waals surface area contributed by atoms with Gasteiger partial charge >= 0.3 is 0 Å². The molecule has 0 saturated heterocycles. The van der Waals surface area contributed by atoms with Crippen LogP contribution < -0.4 is 0 Å². The number of pyridine rings is 1. The molecule has 0 amide bonds. The third kappa shape index (κ3) is 0.902. The van der Waals surface area contributed by atoms with E-state index in [4.69, 9.17) is 0 Å². The molecule has 0 saturated carbocycles. The molecule has 0 atom stereocenters. The zero-order chi connectivity index (χ0) is 8.67. The van der Waals surface area contributed by atoms with Crippen LogP contribution in [-0.2, 0) is 0 Å². The van der Waals surface area contributed by atoms with Gasteiger partial charge in [-0.1, -0.05) is 6.07 Å². The molecule has 1 radical (unpaired) electrons. The normalized spacial score (nSPS) is 11.1. The number of nitrogens with one attached hydrogen (secondary N) is 1. The molecular weight excluding hydrogens is 162 g/mol. The summed E-state index contributed by atoms with van der Waals surface area (Å²) in [4.78, 5) is 4.25. The van der Waals surface area contributed by atoms with Crippen molar-refractivity contribution in [3.05, 3.63) is 36.7 Å². The van der Waals surface area contributed by atoms with Gasteiger partial charge in [-0.15, -0.1) is 0 Å². The van der Waals surface area contributed by atoms with Crippen molar-refractivity contribution in [3.8, 4) is 0 Å². The van der Waals surface area contributed by atoms with Crippen LogP contribution in [0.25, 0.3) is 21.8 Å². The minimum atomic E-state index is 0.978. The van der Waals surface area contributed by atoms with Crippen molar-refractivity contribution in [2.75, 3.05) is 0 Å². The summed E-state index contributed by atoms with van der Waals surface area (Å²) < 4.78 is 0. The predicted molar refractivity (Wildman–Crippen MR) is 50.2 cm³/mol. The molecule has 0 aliphatic heterocycles. The number of rotatable bonds is 0. The first kappa shape index (κ1) is 6.60. The molecule has 0 aliphatic rings. The van der Waals surface area contributed by atoms with Gasteiger partial charge in [0, 0.05) is 17.0 Å². The topological polar surface area (TPSA) is 41.6 Å². The molecule has 0 fully saturated rings. The summed E-state index contributed by atoms with van der Waals surface area (Å²) in [7, 11) is 0. The van der Waals surface area contributed by atoms with Gasteiger partial charge in [0.25, 0.3) is 0 Å². The molecule has 0 unspecified atom stereocenters. The lowest BCUT2D eigenvalue weighted by atomic mass is 10.2. The Bertz CT molecular complexity index is 519. The Labute approximate surface area is 74.4 Å². The number of benzene rings is 1. The number of aromatic amines is 1. The quantitative estimate of drug-likeness (QED) is 0.557. The van der Waals surface area contributed by atoms with E-state index in [1.807, 2.05) is 24.3 Å². The lowest BCUT2D eigenvalue weighted by Gasteiger charge is -1.94. The number of H-pyrrole nitrogens is 1. The first-order valence-corrected chi connectivity index (χ1v) is 4.04. The number of fused-ring (bicyclic) bond motifs is 2. The number of nitrogens with zero attached hydrogens (tertiary/aromatic N) is 2. The second-order valence-corrected chi connectivity index (χ2v) is 2.93. The molecule has 3 heteroatoms. The van der Waals surface area contributed by atoms with Crippen LogP contribution in [0.5, 0.6) is 0 Å². The Hall–Kier alpha value is -1.90. The maximum atomic E-state index is 4.25. The Morgan fingerprint density at radius 2 is 2.31 bits per heavy atom. The largest absolute Gasteiger partial charge is 0.277 e. The van der Waals surface area contributed by atoms with Crippen molar-refractivity contribution in [2.24, 2.45) is 0 Å². The Balaban J connectivity index is 2.57. The number of hydrogen-bond donors (Lipinski definition) is 1. The van der Waals surface area contributed by atoms with Crippen LogP contribution in [-0.4, -0.2) is 15.2 Å². The molecule has 0 spiro atoms. The second kappa shape index (κ2) is 2.29. The first-order valence-electron chi connectivity index (χ1n) is 4.04. The van der Waals surface area contributed by atoms with E-state index >= 15 is 0 Å². The van der Waals surface area contributed by atoms with Gasteiger partial charge in [-0.2, -0.15) is 5.10 Å².